The van der Waals surface area contributed by atoms with Crippen LogP contribution in [-0.4, -0.2) is 19.5 Å². The average molecular weight is 216 g/mol. The number of aromatic nitrogens is 4. The molecule has 1 unspecified atom stereocenters. The van der Waals surface area contributed by atoms with Gasteiger partial charge in [0.15, 0.2) is 5.82 Å². The van der Waals surface area contributed by atoms with Gasteiger partial charge in [0.05, 0.1) is 23.8 Å². The van der Waals surface area contributed by atoms with Gasteiger partial charge >= 0.3 is 0 Å². The molecule has 0 fully saturated rings. The molecule has 2 rings (SSSR count). The van der Waals surface area contributed by atoms with E-state index < -0.39 is 0 Å². The highest BCUT2D eigenvalue weighted by Gasteiger charge is 2.05. The summed E-state index contributed by atoms with van der Waals surface area (Å²) in [7, 11) is 0. The molecule has 2 aromatic rings. The highest BCUT2D eigenvalue weighted by atomic mass is 15.1. The molecule has 0 spiro atoms. The average Bonchev–Trinajstić information content (AvgIpc) is 2.75. The van der Waals surface area contributed by atoms with Crippen molar-refractivity contribution >= 4 is 0 Å². The molecule has 2 aromatic heterocycles. The predicted molar refractivity (Wildman–Crippen MR) is 62.6 cm³/mol. The molecular formula is C12H16N4. The van der Waals surface area contributed by atoms with Crippen LogP contribution in [0.1, 0.15) is 37.6 Å². The molecule has 0 aromatic carbocycles. The van der Waals surface area contributed by atoms with Crippen LogP contribution in [0.4, 0.5) is 0 Å². The minimum atomic E-state index is 0.464. The van der Waals surface area contributed by atoms with Crippen molar-refractivity contribution in [3.05, 3.63) is 36.3 Å². The van der Waals surface area contributed by atoms with E-state index >= 15 is 0 Å². The highest BCUT2D eigenvalue weighted by Crippen LogP contribution is 2.15. The maximum atomic E-state index is 4.42. The maximum Gasteiger partial charge on any atom is 0.156 e. The lowest BCUT2D eigenvalue weighted by Crippen LogP contribution is -2.00. The molecule has 84 valence electrons. The van der Waals surface area contributed by atoms with Gasteiger partial charge in [-0.05, 0) is 19.3 Å². The zero-order chi connectivity index (χ0) is 11.5. The van der Waals surface area contributed by atoms with Gasteiger partial charge in [-0.2, -0.15) is 0 Å². The number of aryl methyl sites for hydroxylation is 1. The largest absolute Gasteiger partial charge is 0.289 e. The molecule has 4 heteroatoms. The van der Waals surface area contributed by atoms with Crippen LogP contribution < -0.4 is 0 Å². The summed E-state index contributed by atoms with van der Waals surface area (Å²) in [6, 6.07) is 0. The van der Waals surface area contributed by atoms with Gasteiger partial charge in [-0.15, -0.1) is 0 Å². The minimum absolute atomic E-state index is 0.464. The van der Waals surface area contributed by atoms with E-state index in [2.05, 4.69) is 28.8 Å². The van der Waals surface area contributed by atoms with Gasteiger partial charge in [-0.1, -0.05) is 13.8 Å². The first-order chi connectivity index (χ1) is 7.70. The summed E-state index contributed by atoms with van der Waals surface area (Å²) >= 11 is 0. The SMILES string of the molecule is CCC(C)c1cnc(-n2cnc(C)c2)cn1. The number of hydrogen-bond acceptors (Lipinski definition) is 3. The van der Waals surface area contributed by atoms with E-state index in [1.807, 2.05) is 23.9 Å². The molecule has 0 amide bonds. The summed E-state index contributed by atoms with van der Waals surface area (Å²) in [4.78, 5) is 13.0. The lowest BCUT2D eigenvalue weighted by atomic mass is 10.1. The summed E-state index contributed by atoms with van der Waals surface area (Å²) in [5.74, 6) is 1.28. The van der Waals surface area contributed by atoms with Crippen molar-refractivity contribution in [2.75, 3.05) is 0 Å². The Morgan fingerprint density at radius 2 is 2.06 bits per heavy atom. The molecule has 4 nitrogen and oxygen atoms in total. The van der Waals surface area contributed by atoms with E-state index in [1.165, 1.54) is 0 Å². The van der Waals surface area contributed by atoms with Gasteiger partial charge in [-0.25, -0.2) is 9.97 Å². The second-order valence-electron chi connectivity index (χ2n) is 4.03. The quantitative estimate of drug-likeness (QED) is 0.791. The molecule has 16 heavy (non-hydrogen) atoms. The van der Waals surface area contributed by atoms with Crippen LogP contribution >= 0.6 is 0 Å². The lowest BCUT2D eigenvalue weighted by molar-refractivity contribution is 0.700. The lowest BCUT2D eigenvalue weighted by Gasteiger charge is -2.07. The Bertz CT molecular complexity index is 458. The Morgan fingerprint density at radius 1 is 1.25 bits per heavy atom. The number of hydrogen-bond donors (Lipinski definition) is 0. The van der Waals surface area contributed by atoms with Crippen molar-refractivity contribution in [1.82, 2.24) is 19.5 Å². The maximum absolute atomic E-state index is 4.42. The Morgan fingerprint density at radius 3 is 2.56 bits per heavy atom. The standard InChI is InChI=1S/C12H16N4/c1-4-9(2)11-5-14-12(6-13-11)16-7-10(3)15-8-16/h5-9H,4H2,1-3H3. The topological polar surface area (TPSA) is 43.6 Å². The Balaban J connectivity index is 2.25. The third-order valence-electron chi connectivity index (χ3n) is 2.75. The number of nitrogens with zero attached hydrogens (tertiary/aromatic N) is 4. The molecule has 0 bridgehead atoms. The molecule has 0 aliphatic carbocycles. The zero-order valence-electron chi connectivity index (χ0n) is 9.88. The molecule has 0 aliphatic rings. The molecule has 0 N–H and O–H groups in total. The third kappa shape index (κ3) is 2.10. The summed E-state index contributed by atoms with van der Waals surface area (Å²) in [5.41, 5.74) is 2.02. The van der Waals surface area contributed by atoms with Crippen molar-refractivity contribution in [3.8, 4) is 5.82 Å². The van der Waals surface area contributed by atoms with Crippen LogP contribution in [0, 0.1) is 6.92 Å². The van der Waals surface area contributed by atoms with Crippen molar-refractivity contribution in [1.29, 1.82) is 0 Å². The van der Waals surface area contributed by atoms with Gasteiger partial charge in [0.2, 0.25) is 0 Å². The highest BCUT2D eigenvalue weighted by molar-refractivity contribution is 5.21. The summed E-state index contributed by atoms with van der Waals surface area (Å²) in [6.07, 6.45) is 8.41. The second-order valence-corrected chi connectivity index (χ2v) is 4.03. The Hall–Kier alpha value is -1.71. The summed E-state index contributed by atoms with van der Waals surface area (Å²) < 4.78 is 1.88. The van der Waals surface area contributed by atoms with Crippen LogP contribution in [0.15, 0.2) is 24.9 Å². The monoisotopic (exact) mass is 216 g/mol. The number of rotatable bonds is 3. The normalized spacial score (nSPS) is 12.7. The van der Waals surface area contributed by atoms with Crippen LogP contribution in [0.25, 0.3) is 5.82 Å². The fourth-order valence-corrected chi connectivity index (χ4v) is 1.47. The summed E-state index contributed by atoms with van der Waals surface area (Å²) in [6.45, 7) is 6.27. The molecule has 2 heterocycles. The fourth-order valence-electron chi connectivity index (χ4n) is 1.47. The van der Waals surface area contributed by atoms with E-state index in [1.54, 1.807) is 12.5 Å². The smallest absolute Gasteiger partial charge is 0.156 e. The van der Waals surface area contributed by atoms with E-state index in [-0.39, 0.29) is 0 Å². The second kappa shape index (κ2) is 4.43. The first-order valence-electron chi connectivity index (χ1n) is 5.53. The zero-order valence-corrected chi connectivity index (χ0v) is 9.88. The van der Waals surface area contributed by atoms with Gasteiger partial charge < -0.3 is 0 Å². The Labute approximate surface area is 95.4 Å². The van der Waals surface area contributed by atoms with E-state index in [4.69, 9.17) is 0 Å². The molecule has 1 atom stereocenters. The van der Waals surface area contributed by atoms with Gasteiger partial charge in [0, 0.05) is 6.20 Å². The van der Waals surface area contributed by atoms with Gasteiger partial charge in [-0.3, -0.25) is 9.55 Å². The van der Waals surface area contributed by atoms with Crippen LogP contribution in [0.2, 0.25) is 0 Å². The van der Waals surface area contributed by atoms with Crippen molar-refractivity contribution in [2.24, 2.45) is 0 Å². The molecular weight excluding hydrogens is 200 g/mol. The molecule has 0 aliphatic heterocycles. The number of imidazole rings is 1. The summed E-state index contributed by atoms with van der Waals surface area (Å²) in [5, 5.41) is 0. The first kappa shape index (κ1) is 10.8. The fraction of sp³-hybridized carbons (Fsp3) is 0.417. The third-order valence-corrected chi connectivity index (χ3v) is 2.75. The van der Waals surface area contributed by atoms with Crippen molar-refractivity contribution < 1.29 is 0 Å². The molecule has 0 saturated heterocycles. The van der Waals surface area contributed by atoms with E-state index in [0.717, 1.165) is 23.6 Å². The van der Waals surface area contributed by atoms with Crippen molar-refractivity contribution in [2.45, 2.75) is 33.1 Å². The van der Waals surface area contributed by atoms with Crippen molar-refractivity contribution in [3.63, 3.8) is 0 Å². The Kier molecular flexibility index (Phi) is 2.99. The first-order valence-corrected chi connectivity index (χ1v) is 5.53. The minimum Gasteiger partial charge on any atom is -0.289 e. The van der Waals surface area contributed by atoms with E-state index in [9.17, 15) is 0 Å². The van der Waals surface area contributed by atoms with E-state index in [0.29, 0.717) is 5.92 Å². The van der Waals surface area contributed by atoms with Crippen LogP contribution in [0.3, 0.4) is 0 Å². The van der Waals surface area contributed by atoms with Crippen LogP contribution in [0.5, 0.6) is 0 Å². The van der Waals surface area contributed by atoms with Crippen LogP contribution in [-0.2, 0) is 0 Å². The molecule has 0 radical (unpaired) electrons. The molecule has 0 saturated carbocycles. The predicted octanol–water partition coefficient (Wildman–Crippen LogP) is 2.48. The van der Waals surface area contributed by atoms with Gasteiger partial charge in [0.1, 0.15) is 6.33 Å². The van der Waals surface area contributed by atoms with Gasteiger partial charge in [0.25, 0.3) is 0 Å².